The number of fused-ring (bicyclic) bond motifs is 1. The smallest absolute Gasteiger partial charge is 0.163 e. The highest BCUT2D eigenvalue weighted by molar-refractivity contribution is 9.10. The van der Waals surface area contributed by atoms with Crippen molar-refractivity contribution in [3.63, 3.8) is 0 Å². The number of nitrogens with zero attached hydrogens (tertiary/aromatic N) is 5. The molecule has 0 saturated carbocycles. The van der Waals surface area contributed by atoms with Gasteiger partial charge in [-0.1, -0.05) is 21.1 Å². The number of hydrogen-bond acceptors (Lipinski definition) is 7. The molecular formula is C21H16BrFN6O2. The van der Waals surface area contributed by atoms with E-state index in [1.807, 2.05) is 0 Å². The molecule has 2 aromatic heterocycles. The molecule has 2 heterocycles. The van der Waals surface area contributed by atoms with E-state index in [0.717, 1.165) is 0 Å². The van der Waals surface area contributed by atoms with Gasteiger partial charge in [-0.3, -0.25) is 4.98 Å². The zero-order valence-corrected chi connectivity index (χ0v) is 17.9. The molecule has 2 aromatic carbocycles. The molecule has 1 N–H and O–H groups in total. The van der Waals surface area contributed by atoms with Gasteiger partial charge in [0.1, 0.15) is 18.5 Å². The van der Waals surface area contributed by atoms with Crippen molar-refractivity contribution in [1.82, 2.24) is 20.0 Å². The third kappa shape index (κ3) is 4.41. The van der Waals surface area contributed by atoms with Crippen LogP contribution in [-0.2, 0) is 6.54 Å². The van der Waals surface area contributed by atoms with Gasteiger partial charge >= 0.3 is 0 Å². The molecule has 0 amide bonds. The lowest BCUT2D eigenvalue weighted by atomic mass is 10.1. The molecule has 8 nitrogen and oxygen atoms in total. The minimum absolute atomic E-state index is 0.235. The fourth-order valence-corrected chi connectivity index (χ4v) is 3.35. The van der Waals surface area contributed by atoms with Crippen LogP contribution in [0.1, 0.15) is 5.56 Å². The Morgan fingerprint density at radius 2 is 2.13 bits per heavy atom. The number of hydrogen-bond donors (Lipinski definition) is 1. The number of rotatable bonds is 7. The molecule has 10 heteroatoms. The first-order valence-corrected chi connectivity index (χ1v) is 9.98. The number of halogens is 2. The molecule has 0 aliphatic carbocycles. The van der Waals surface area contributed by atoms with Crippen LogP contribution in [0.2, 0.25) is 0 Å². The third-order valence-electron chi connectivity index (χ3n) is 4.51. The monoisotopic (exact) mass is 482 g/mol. The van der Waals surface area contributed by atoms with Crippen LogP contribution in [0, 0.1) is 17.1 Å². The first kappa shape index (κ1) is 20.6. The van der Waals surface area contributed by atoms with Gasteiger partial charge in [-0.15, -0.1) is 5.10 Å². The van der Waals surface area contributed by atoms with Crippen molar-refractivity contribution in [1.29, 1.82) is 5.26 Å². The molecular weight excluding hydrogens is 467 g/mol. The van der Waals surface area contributed by atoms with E-state index < -0.39 is 5.82 Å². The van der Waals surface area contributed by atoms with Gasteiger partial charge in [0, 0.05) is 28.3 Å². The van der Waals surface area contributed by atoms with Crippen LogP contribution in [0.5, 0.6) is 11.5 Å². The van der Waals surface area contributed by atoms with Gasteiger partial charge in [0.2, 0.25) is 0 Å². The molecule has 0 saturated heterocycles. The molecule has 0 aliphatic heterocycles. The Labute approximate surface area is 185 Å². The number of ether oxygens (including phenoxy) is 2. The fraction of sp³-hybridized carbons (Fsp3) is 0.143. The summed E-state index contributed by atoms with van der Waals surface area (Å²) >= 11 is 3.24. The Balaban J connectivity index is 1.70. The fourth-order valence-electron chi connectivity index (χ4n) is 3.02. The number of methoxy groups -OCH3 is 1. The van der Waals surface area contributed by atoms with E-state index in [1.165, 1.54) is 19.4 Å². The second-order valence-corrected chi connectivity index (χ2v) is 7.36. The summed E-state index contributed by atoms with van der Waals surface area (Å²) in [5, 5.41) is 20.8. The molecule has 31 heavy (non-hydrogen) atoms. The van der Waals surface area contributed by atoms with E-state index in [-0.39, 0.29) is 11.3 Å². The van der Waals surface area contributed by atoms with Crippen LogP contribution in [0.25, 0.3) is 10.9 Å². The third-order valence-corrected chi connectivity index (χ3v) is 5.01. The van der Waals surface area contributed by atoms with Crippen LogP contribution in [0.15, 0.2) is 53.4 Å². The summed E-state index contributed by atoms with van der Waals surface area (Å²) in [6, 6.07) is 10.2. The highest BCUT2D eigenvalue weighted by Gasteiger charge is 2.16. The molecule has 0 spiro atoms. The maximum atomic E-state index is 14.4. The van der Waals surface area contributed by atoms with Crippen LogP contribution >= 0.6 is 15.9 Å². The number of nitrogens with one attached hydrogen (secondary N) is 1. The van der Waals surface area contributed by atoms with Crippen LogP contribution in [0.3, 0.4) is 0 Å². The lowest BCUT2D eigenvalue weighted by Gasteiger charge is -2.15. The van der Waals surface area contributed by atoms with Crippen molar-refractivity contribution in [3.05, 3.63) is 64.8 Å². The molecule has 0 fully saturated rings. The Morgan fingerprint density at radius 1 is 1.26 bits per heavy atom. The topological polar surface area (TPSA) is 97.9 Å². The van der Waals surface area contributed by atoms with Crippen molar-refractivity contribution in [2.75, 3.05) is 19.0 Å². The summed E-state index contributed by atoms with van der Waals surface area (Å²) in [5.41, 5.74) is 1.51. The van der Waals surface area contributed by atoms with E-state index in [2.05, 4.69) is 42.6 Å². The minimum atomic E-state index is -0.455. The van der Waals surface area contributed by atoms with Gasteiger partial charge in [-0.05, 0) is 24.3 Å². The zero-order valence-electron chi connectivity index (χ0n) is 16.3. The average molecular weight is 483 g/mol. The lowest BCUT2D eigenvalue weighted by Crippen LogP contribution is -2.09. The molecule has 0 atom stereocenters. The summed E-state index contributed by atoms with van der Waals surface area (Å²) in [7, 11) is 1.52. The van der Waals surface area contributed by atoms with Gasteiger partial charge in [-0.25, -0.2) is 9.07 Å². The van der Waals surface area contributed by atoms with Crippen molar-refractivity contribution in [3.8, 4) is 17.6 Å². The molecule has 4 rings (SSSR count). The Kier molecular flexibility index (Phi) is 5.95. The molecule has 156 valence electrons. The van der Waals surface area contributed by atoms with Gasteiger partial charge in [0.15, 0.2) is 11.5 Å². The van der Waals surface area contributed by atoms with Crippen molar-refractivity contribution < 1.29 is 13.9 Å². The number of pyridine rings is 1. The Morgan fingerprint density at radius 3 is 2.84 bits per heavy atom. The van der Waals surface area contributed by atoms with Crippen LogP contribution in [-0.4, -0.2) is 33.7 Å². The van der Waals surface area contributed by atoms with Gasteiger partial charge < -0.3 is 14.8 Å². The SMILES string of the molecule is COc1cc2c(Nc3ccc(Br)cc3F)c(C#N)cnc2cc1OCCn1ccnn1. The second-order valence-electron chi connectivity index (χ2n) is 6.44. The van der Waals surface area contributed by atoms with E-state index >= 15 is 0 Å². The number of nitriles is 1. The predicted octanol–water partition coefficient (Wildman–Crippen LogP) is 4.43. The molecule has 0 aliphatic rings. The minimum Gasteiger partial charge on any atom is -0.493 e. The summed E-state index contributed by atoms with van der Waals surface area (Å²) in [6.45, 7) is 0.856. The summed E-state index contributed by atoms with van der Waals surface area (Å²) in [4.78, 5) is 4.36. The van der Waals surface area contributed by atoms with Crippen molar-refractivity contribution in [2.24, 2.45) is 0 Å². The van der Waals surface area contributed by atoms with Gasteiger partial charge in [0.25, 0.3) is 0 Å². The van der Waals surface area contributed by atoms with Gasteiger partial charge in [0.05, 0.1) is 42.3 Å². The average Bonchev–Trinajstić information content (AvgIpc) is 3.28. The van der Waals surface area contributed by atoms with E-state index in [9.17, 15) is 9.65 Å². The predicted molar refractivity (Wildman–Crippen MR) is 116 cm³/mol. The molecule has 0 bridgehead atoms. The Hall–Kier alpha value is -3.71. The maximum absolute atomic E-state index is 14.4. The highest BCUT2D eigenvalue weighted by atomic mass is 79.9. The number of aromatic nitrogens is 4. The summed E-state index contributed by atoms with van der Waals surface area (Å²) < 4.78 is 28.0. The van der Waals surface area contributed by atoms with Crippen molar-refractivity contribution >= 4 is 38.2 Å². The largest absolute Gasteiger partial charge is 0.493 e. The Bertz CT molecular complexity index is 1270. The molecule has 4 aromatic rings. The molecule has 0 unspecified atom stereocenters. The van der Waals surface area contributed by atoms with Crippen LogP contribution in [0.4, 0.5) is 15.8 Å². The standard InChI is InChI=1S/C21H16BrFN6O2/c1-30-19-9-15-18(10-20(19)31-7-6-29-5-4-26-28-29)25-12-13(11-24)21(15)27-17-3-2-14(22)8-16(17)23/h2-5,8-10,12H,6-7H2,1H3,(H,25,27). The van der Waals surface area contributed by atoms with Crippen molar-refractivity contribution in [2.45, 2.75) is 6.54 Å². The van der Waals surface area contributed by atoms with E-state index in [0.29, 0.717) is 45.7 Å². The number of anilines is 2. The maximum Gasteiger partial charge on any atom is 0.163 e. The normalized spacial score (nSPS) is 10.6. The van der Waals surface area contributed by atoms with Crippen LogP contribution < -0.4 is 14.8 Å². The quantitative estimate of drug-likeness (QED) is 0.415. The summed E-state index contributed by atoms with van der Waals surface area (Å²) in [6.07, 6.45) is 4.77. The molecule has 0 radical (unpaired) electrons. The van der Waals surface area contributed by atoms with E-state index in [4.69, 9.17) is 9.47 Å². The first-order valence-electron chi connectivity index (χ1n) is 9.19. The second kappa shape index (κ2) is 8.97. The number of benzene rings is 2. The summed E-state index contributed by atoms with van der Waals surface area (Å²) in [5.74, 6) is 0.499. The first-order chi connectivity index (χ1) is 15.1. The lowest BCUT2D eigenvalue weighted by molar-refractivity contribution is 0.273. The van der Waals surface area contributed by atoms with E-state index in [1.54, 1.807) is 41.3 Å². The van der Waals surface area contributed by atoms with Gasteiger partial charge in [-0.2, -0.15) is 5.26 Å². The highest BCUT2D eigenvalue weighted by Crippen LogP contribution is 2.37. The zero-order chi connectivity index (χ0) is 21.8.